The van der Waals surface area contributed by atoms with Gasteiger partial charge in [-0.15, -0.1) is 0 Å². The highest BCUT2D eigenvalue weighted by molar-refractivity contribution is 5.24. The molecule has 0 saturated heterocycles. The van der Waals surface area contributed by atoms with Gasteiger partial charge in [0.2, 0.25) is 0 Å². The third kappa shape index (κ3) is 2.94. The quantitative estimate of drug-likeness (QED) is 0.873. The molecule has 0 amide bonds. The van der Waals surface area contributed by atoms with Crippen LogP contribution in [0.25, 0.3) is 0 Å². The van der Waals surface area contributed by atoms with Gasteiger partial charge in [0.15, 0.2) is 0 Å². The zero-order valence-electron chi connectivity index (χ0n) is 10.4. The minimum absolute atomic E-state index is 0.329. The molecule has 0 bridgehead atoms. The van der Waals surface area contributed by atoms with Gasteiger partial charge < -0.3 is 5.73 Å². The van der Waals surface area contributed by atoms with Crippen molar-refractivity contribution in [2.75, 3.05) is 6.54 Å². The van der Waals surface area contributed by atoms with Crippen molar-refractivity contribution in [1.82, 2.24) is 9.78 Å². The van der Waals surface area contributed by atoms with Crippen molar-refractivity contribution in [3.05, 3.63) is 53.3 Å². The Bertz CT molecular complexity index is 470. The lowest BCUT2D eigenvalue weighted by Crippen LogP contribution is -2.18. The van der Waals surface area contributed by atoms with Gasteiger partial charge in [-0.25, -0.2) is 0 Å². The number of aromatic nitrogens is 2. The summed E-state index contributed by atoms with van der Waals surface area (Å²) in [4.78, 5) is 0. The lowest BCUT2D eigenvalue weighted by molar-refractivity contribution is 0.521. The van der Waals surface area contributed by atoms with Crippen LogP contribution in [0.1, 0.15) is 22.6 Å². The highest BCUT2D eigenvalue weighted by atomic mass is 15.3. The molecule has 0 spiro atoms. The first-order valence-corrected chi connectivity index (χ1v) is 5.94. The number of nitrogens with zero attached hydrogens (tertiary/aromatic N) is 2. The van der Waals surface area contributed by atoms with Gasteiger partial charge in [0.05, 0.1) is 6.20 Å². The van der Waals surface area contributed by atoms with Gasteiger partial charge in [0.1, 0.15) is 0 Å². The Balaban J connectivity index is 2.13. The van der Waals surface area contributed by atoms with Gasteiger partial charge in [-0.3, -0.25) is 4.68 Å². The Hall–Kier alpha value is -1.61. The Morgan fingerprint density at radius 2 is 1.88 bits per heavy atom. The third-order valence-electron chi connectivity index (χ3n) is 3.00. The van der Waals surface area contributed by atoms with Crippen molar-refractivity contribution in [2.45, 2.75) is 26.3 Å². The van der Waals surface area contributed by atoms with Gasteiger partial charge in [-0.2, -0.15) is 5.10 Å². The molecule has 1 aromatic heterocycles. The standard InChI is InChI=1S/C14H19N3/c1-11-3-5-13(6-4-11)14(7-15)10-17-9-12(2)8-16-17/h3-6,8-9,14H,7,10,15H2,1-2H3. The molecule has 0 saturated carbocycles. The minimum Gasteiger partial charge on any atom is -0.330 e. The van der Waals surface area contributed by atoms with Crippen LogP contribution in [-0.4, -0.2) is 16.3 Å². The molecule has 17 heavy (non-hydrogen) atoms. The van der Waals surface area contributed by atoms with E-state index in [2.05, 4.69) is 42.5 Å². The van der Waals surface area contributed by atoms with E-state index in [1.54, 1.807) is 0 Å². The Kier molecular flexibility index (Phi) is 3.59. The van der Waals surface area contributed by atoms with Crippen molar-refractivity contribution in [3.8, 4) is 0 Å². The van der Waals surface area contributed by atoms with E-state index in [-0.39, 0.29) is 0 Å². The Morgan fingerprint density at radius 1 is 1.18 bits per heavy atom. The number of nitrogens with two attached hydrogens (primary N) is 1. The summed E-state index contributed by atoms with van der Waals surface area (Å²) in [5.41, 5.74) is 9.60. The van der Waals surface area contributed by atoms with E-state index in [1.807, 2.05) is 17.8 Å². The zero-order valence-corrected chi connectivity index (χ0v) is 10.4. The molecule has 0 aliphatic rings. The topological polar surface area (TPSA) is 43.8 Å². The average molecular weight is 229 g/mol. The van der Waals surface area contributed by atoms with E-state index < -0.39 is 0 Å². The minimum atomic E-state index is 0.329. The molecule has 0 aliphatic carbocycles. The number of hydrogen-bond donors (Lipinski definition) is 1. The van der Waals surface area contributed by atoms with Crippen LogP contribution in [0.15, 0.2) is 36.7 Å². The highest BCUT2D eigenvalue weighted by Crippen LogP contribution is 2.17. The predicted octanol–water partition coefficient (Wildman–Crippen LogP) is 2.24. The summed E-state index contributed by atoms with van der Waals surface area (Å²) >= 11 is 0. The van der Waals surface area contributed by atoms with Gasteiger partial charge in [0, 0.05) is 25.2 Å². The van der Waals surface area contributed by atoms with Crippen molar-refractivity contribution in [3.63, 3.8) is 0 Å². The first kappa shape index (κ1) is 11.9. The van der Waals surface area contributed by atoms with Crippen LogP contribution in [0, 0.1) is 13.8 Å². The summed E-state index contributed by atoms with van der Waals surface area (Å²) in [6.07, 6.45) is 3.93. The molecule has 0 fully saturated rings. The normalized spacial score (nSPS) is 12.6. The summed E-state index contributed by atoms with van der Waals surface area (Å²) in [6, 6.07) is 8.57. The maximum atomic E-state index is 5.86. The second-order valence-electron chi connectivity index (χ2n) is 4.58. The maximum Gasteiger partial charge on any atom is 0.0518 e. The summed E-state index contributed by atoms with van der Waals surface area (Å²) in [7, 11) is 0. The van der Waals surface area contributed by atoms with E-state index in [1.165, 1.54) is 16.7 Å². The summed E-state index contributed by atoms with van der Waals surface area (Å²) in [5.74, 6) is 0.329. The van der Waals surface area contributed by atoms with E-state index in [4.69, 9.17) is 5.73 Å². The fourth-order valence-electron chi connectivity index (χ4n) is 1.95. The number of rotatable bonds is 4. The average Bonchev–Trinajstić information content (AvgIpc) is 2.73. The predicted molar refractivity (Wildman–Crippen MR) is 69.9 cm³/mol. The largest absolute Gasteiger partial charge is 0.330 e. The second-order valence-corrected chi connectivity index (χ2v) is 4.58. The molecule has 3 heteroatoms. The molecule has 0 aliphatic heterocycles. The van der Waals surface area contributed by atoms with Crippen molar-refractivity contribution < 1.29 is 0 Å². The van der Waals surface area contributed by atoms with Crippen LogP contribution in [0.3, 0.4) is 0 Å². The van der Waals surface area contributed by atoms with Crippen LogP contribution >= 0.6 is 0 Å². The second kappa shape index (κ2) is 5.15. The van der Waals surface area contributed by atoms with Crippen LogP contribution in [-0.2, 0) is 6.54 Å². The molecule has 1 unspecified atom stereocenters. The molecular weight excluding hydrogens is 210 g/mol. The van der Waals surface area contributed by atoms with Crippen molar-refractivity contribution in [1.29, 1.82) is 0 Å². The number of hydrogen-bond acceptors (Lipinski definition) is 2. The third-order valence-corrected chi connectivity index (χ3v) is 3.00. The SMILES string of the molecule is Cc1ccc(C(CN)Cn2cc(C)cn2)cc1. The monoisotopic (exact) mass is 229 g/mol. The van der Waals surface area contributed by atoms with Crippen molar-refractivity contribution in [2.24, 2.45) is 5.73 Å². The smallest absolute Gasteiger partial charge is 0.0518 e. The van der Waals surface area contributed by atoms with E-state index in [9.17, 15) is 0 Å². The highest BCUT2D eigenvalue weighted by Gasteiger charge is 2.10. The molecule has 90 valence electrons. The van der Waals surface area contributed by atoms with Gasteiger partial charge in [-0.1, -0.05) is 29.8 Å². The number of benzene rings is 1. The lowest BCUT2D eigenvalue weighted by atomic mass is 9.98. The van der Waals surface area contributed by atoms with Crippen LogP contribution in [0.5, 0.6) is 0 Å². The summed E-state index contributed by atoms with van der Waals surface area (Å²) in [5, 5.41) is 4.31. The summed E-state index contributed by atoms with van der Waals surface area (Å²) in [6.45, 7) is 5.63. The maximum absolute atomic E-state index is 5.86. The lowest BCUT2D eigenvalue weighted by Gasteiger charge is -2.15. The Morgan fingerprint density at radius 3 is 2.41 bits per heavy atom. The molecule has 2 N–H and O–H groups in total. The Labute approximate surface area is 102 Å². The van der Waals surface area contributed by atoms with Crippen LogP contribution in [0.2, 0.25) is 0 Å². The van der Waals surface area contributed by atoms with E-state index in [0.717, 1.165) is 6.54 Å². The van der Waals surface area contributed by atoms with Crippen LogP contribution < -0.4 is 5.73 Å². The molecule has 1 aromatic carbocycles. The molecule has 0 radical (unpaired) electrons. The van der Waals surface area contributed by atoms with Gasteiger partial charge in [0.25, 0.3) is 0 Å². The fourth-order valence-corrected chi connectivity index (χ4v) is 1.95. The van der Waals surface area contributed by atoms with Gasteiger partial charge >= 0.3 is 0 Å². The first-order valence-electron chi connectivity index (χ1n) is 5.94. The van der Waals surface area contributed by atoms with Gasteiger partial charge in [-0.05, 0) is 25.0 Å². The van der Waals surface area contributed by atoms with E-state index >= 15 is 0 Å². The first-order chi connectivity index (χ1) is 8.19. The molecule has 3 nitrogen and oxygen atoms in total. The van der Waals surface area contributed by atoms with E-state index in [0.29, 0.717) is 12.5 Å². The molecule has 1 atom stereocenters. The summed E-state index contributed by atoms with van der Waals surface area (Å²) < 4.78 is 1.96. The molecular formula is C14H19N3. The molecule has 2 aromatic rings. The fraction of sp³-hybridized carbons (Fsp3) is 0.357. The molecule has 2 rings (SSSR count). The molecule has 1 heterocycles. The van der Waals surface area contributed by atoms with Crippen molar-refractivity contribution >= 4 is 0 Å². The number of aryl methyl sites for hydroxylation is 2. The van der Waals surface area contributed by atoms with Crippen LogP contribution in [0.4, 0.5) is 0 Å². The zero-order chi connectivity index (χ0) is 12.3.